The molecule has 0 saturated carbocycles. The molecule has 0 bridgehead atoms. The van der Waals surface area contributed by atoms with Crippen molar-refractivity contribution < 1.29 is 5.11 Å². The van der Waals surface area contributed by atoms with Gasteiger partial charge in [0.05, 0.1) is 5.52 Å². The number of thioether (sulfide) groups is 1. The second-order valence-electron chi connectivity index (χ2n) is 4.82. The molecule has 0 spiro atoms. The zero-order valence-corrected chi connectivity index (χ0v) is 12.7. The zero-order chi connectivity index (χ0) is 14.7. The minimum Gasteiger partial charge on any atom is -0.384 e. The Morgan fingerprint density at radius 3 is 2.62 bits per heavy atom. The molecule has 3 heteroatoms. The summed E-state index contributed by atoms with van der Waals surface area (Å²) in [6.45, 7) is 2.14. The molecule has 0 aliphatic heterocycles. The molecule has 2 nitrogen and oxygen atoms in total. The van der Waals surface area contributed by atoms with Crippen LogP contribution < -0.4 is 0 Å². The number of hydrogen-bond acceptors (Lipinski definition) is 3. The van der Waals surface area contributed by atoms with Gasteiger partial charge in [-0.15, -0.1) is 11.8 Å². The van der Waals surface area contributed by atoms with Crippen molar-refractivity contribution in [2.45, 2.75) is 17.9 Å². The van der Waals surface area contributed by atoms with Gasteiger partial charge in [0.1, 0.15) is 6.10 Å². The largest absolute Gasteiger partial charge is 0.384 e. The number of aliphatic hydroxyl groups excluding tert-OH is 1. The summed E-state index contributed by atoms with van der Waals surface area (Å²) in [5.41, 5.74) is 2.72. The van der Waals surface area contributed by atoms with Gasteiger partial charge in [0.2, 0.25) is 0 Å². The highest BCUT2D eigenvalue weighted by Gasteiger charge is 2.13. The second kappa shape index (κ2) is 6.29. The van der Waals surface area contributed by atoms with E-state index in [0.717, 1.165) is 27.8 Å². The molecule has 21 heavy (non-hydrogen) atoms. The van der Waals surface area contributed by atoms with Crippen molar-refractivity contribution in [2.75, 3.05) is 5.75 Å². The highest BCUT2D eigenvalue weighted by molar-refractivity contribution is 7.99. The summed E-state index contributed by atoms with van der Waals surface area (Å²) in [6, 6.07) is 17.9. The molecule has 3 aromatic rings. The van der Waals surface area contributed by atoms with Crippen LogP contribution in [0.15, 0.2) is 65.7 Å². The third-order valence-electron chi connectivity index (χ3n) is 3.48. The van der Waals surface area contributed by atoms with Gasteiger partial charge in [-0.3, -0.25) is 4.98 Å². The van der Waals surface area contributed by atoms with Gasteiger partial charge in [-0.25, -0.2) is 0 Å². The molecule has 3 rings (SSSR count). The molecule has 1 aromatic heterocycles. The van der Waals surface area contributed by atoms with Crippen LogP contribution >= 0.6 is 11.8 Å². The van der Waals surface area contributed by atoms with Crippen molar-refractivity contribution in [1.29, 1.82) is 0 Å². The van der Waals surface area contributed by atoms with E-state index < -0.39 is 6.10 Å². The average Bonchev–Trinajstić information content (AvgIpc) is 2.55. The Hall–Kier alpha value is -1.84. The number of aliphatic hydroxyl groups is 1. The van der Waals surface area contributed by atoms with E-state index >= 15 is 0 Å². The first kappa shape index (κ1) is 14.1. The van der Waals surface area contributed by atoms with Gasteiger partial charge in [0.15, 0.2) is 0 Å². The summed E-state index contributed by atoms with van der Waals surface area (Å²) in [4.78, 5) is 5.57. The first-order valence-electron chi connectivity index (χ1n) is 7.04. The number of rotatable bonds is 4. The van der Waals surface area contributed by atoms with Crippen LogP contribution in [0.3, 0.4) is 0 Å². The molecule has 1 N–H and O–H groups in total. The fraction of sp³-hybridized carbons (Fsp3) is 0.167. The SMILES string of the molecule is CCSc1ccc(C(O)c2cccc3ncccc23)cc1. The van der Waals surface area contributed by atoms with Crippen molar-refractivity contribution in [3.05, 3.63) is 71.9 Å². The van der Waals surface area contributed by atoms with Crippen LogP contribution in [0.4, 0.5) is 0 Å². The first-order chi connectivity index (χ1) is 10.3. The average molecular weight is 295 g/mol. The molecule has 0 fully saturated rings. The van der Waals surface area contributed by atoms with E-state index in [1.54, 1.807) is 18.0 Å². The van der Waals surface area contributed by atoms with Crippen LogP contribution in [0.2, 0.25) is 0 Å². The molecular formula is C18H17NOS. The topological polar surface area (TPSA) is 33.1 Å². The summed E-state index contributed by atoms with van der Waals surface area (Å²) < 4.78 is 0. The normalized spacial score (nSPS) is 12.5. The smallest absolute Gasteiger partial charge is 0.105 e. The molecule has 1 atom stereocenters. The molecule has 0 saturated heterocycles. The first-order valence-corrected chi connectivity index (χ1v) is 8.02. The van der Waals surface area contributed by atoms with Crippen LogP contribution in [0.25, 0.3) is 10.9 Å². The summed E-state index contributed by atoms with van der Waals surface area (Å²) in [5, 5.41) is 11.7. The molecule has 1 unspecified atom stereocenters. The maximum atomic E-state index is 10.7. The number of hydrogen-bond donors (Lipinski definition) is 1. The van der Waals surface area contributed by atoms with E-state index in [-0.39, 0.29) is 0 Å². The van der Waals surface area contributed by atoms with Crippen LogP contribution in [0.5, 0.6) is 0 Å². The second-order valence-corrected chi connectivity index (χ2v) is 6.16. The summed E-state index contributed by atoms with van der Waals surface area (Å²) in [5.74, 6) is 1.05. The fourth-order valence-corrected chi connectivity index (χ4v) is 3.12. The van der Waals surface area contributed by atoms with Gasteiger partial charge in [-0.05, 0) is 41.1 Å². The Morgan fingerprint density at radius 1 is 1.05 bits per heavy atom. The van der Waals surface area contributed by atoms with Crippen LogP contribution in [-0.4, -0.2) is 15.8 Å². The van der Waals surface area contributed by atoms with Crippen molar-refractivity contribution in [3.8, 4) is 0 Å². The van der Waals surface area contributed by atoms with E-state index in [1.807, 2.05) is 42.5 Å². The summed E-state index contributed by atoms with van der Waals surface area (Å²) >= 11 is 1.80. The lowest BCUT2D eigenvalue weighted by atomic mass is 9.98. The lowest BCUT2D eigenvalue weighted by Crippen LogP contribution is -2.00. The molecule has 1 heterocycles. The predicted octanol–water partition coefficient (Wildman–Crippen LogP) is 4.43. The minimum absolute atomic E-state index is 0.626. The number of pyridine rings is 1. The monoisotopic (exact) mass is 295 g/mol. The maximum Gasteiger partial charge on any atom is 0.105 e. The lowest BCUT2D eigenvalue weighted by Gasteiger charge is -2.14. The minimum atomic E-state index is -0.626. The van der Waals surface area contributed by atoms with E-state index in [9.17, 15) is 5.11 Å². The molecule has 2 aromatic carbocycles. The van der Waals surface area contributed by atoms with Gasteiger partial charge in [0, 0.05) is 16.5 Å². The third-order valence-corrected chi connectivity index (χ3v) is 4.38. The third kappa shape index (κ3) is 2.94. The van der Waals surface area contributed by atoms with Crippen LogP contribution in [-0.2, 0) is 0 Å². The highest BCUT2D eigenvalue weighted by atomic mass is 32.2. The number of aromatic nitrogens is 1. The zero-order valence-electron chi connectivity index (χ0n) is 11.9. The highest BCUT2D eigenvalue weighted by Crippen LogP contribution is 2.29. The Labute approximate surface area is 128 Å². The number of benzene rings is 2. The van der Waals surface area contributed by atoms with Crippen LogP contribution in [0.1, 0.15) is 24.2 Å². The van der Waals surface area contributed by atoms with Gasteiger partial charge in [0.25, 0.3) is 0 Å². The molecule has 0 aliphatic carbocycles. The Balaban J connectivity index is 1.98. The van der Waals surface area contributed by atoms with Crippen molar-refractivity contribution in [3.63, 3.8) is 0 Å². The quantitative estimate of drug-likeness (QED) is 0.723. The lowest BCUT2D eigenvalue weighted by molar-refractivity contribution is 0.222. The predicted molar refractivity (Wildman–Crippen MR) is 88.6 cm³/mol. The van der Waals surface area contributed by atoms with Crippen LogP contribution in [0, 0.1) is 0 Å². The van der Waals surface area contributed by atoms with E-state index in [0.29, 0.717) is 0 Å². The Bertz CT molecular complexity index is 734. The number of nitrogens with zero attached hydrogens (tertiary/aromatic N) is 1. The van der Waals surface area contributed by atoms with Gasteiger partial charge < -0.3 is 5.11 Å². The van der Waals surface area contributed by atoms with Gasteiger partial charge in [-0.1, -0.05) is 37.3 Å². The Morgan fingerprint density at radius 2 is 1.86 bits per heavy atom. The Kier molecular flexibility index (Phi) is 4.23. The van der Waals surface area contributed by atoms with Crippen molar-refractivity contribution >= 4 is 22.7 Å². The number of fused-ring (bicyclic) bond motifs is 1. The molecular weight excluding hydrogens is 278 g/mol. The molecule has 0 radical (unpaired) electrons. The fourth-order valence-electron chi connectivity index (χ4n) is 2.46. The van der Waals surface area contributed by atoms with E-state index in [4.69, 9.17) is 0 Å². The summed E-state index contributed by atoms with van der Waals surface area (Å²) in [6.07, 6.45) is 1.15. The summed E-state index contributed by atoms with van der Waals surface area (Å²) in [7, 11) is 0. The van der Waals surface area contributed by atoms with Crippen molar-refractivity contribution in [1.82, 2.24) is 4.98 Å². The standard InChI is InChI=1S/C18H17NOS/c1-2-21-14-10-8-13(9-11-14)18(20)16-5-3-7-17-15(16)6-4-12-19-17/h3-12,18,20H,2H2,1H3. The molecule has 106 valence electrons. The van der Waals surface area contributed by atoms with Gasteiger partial charge in [-0.2, -0.15) is 0 Å². The van der Waals surface area contributed by atoms with Crippen molar-refractivity contribution in [2.24, 2.45) is 0 Å². The van der Waals surface area contributed by atoms with E-state index in [2.05, 4.69) is 24.0 Å². The molecule has 0 amide bonds. The molecule has 0 aliphatic rings. The van der Waals surface area contributed by atoms with Gasteiger partial charge >= 0.3 is 0 Å². The van der Waals surface area contributed by atoms with E-state index in [1.165, 1.54) is 4.90 Å². The maximum absolute atomic E-state index is 10.7.